The van der Waals surface area contributed by atoms with Crippen LogP contribution in [0.25, 0.3) is 0 Å². The van der Waals surface area contributed by atoms with Crippen LogP contribution in [0.1, 0.15) is 18.4 Å². The van der Waals surface area contributed by atoms with Gasteiger partial charge in [0.2, 0.25) is 5.91 Å². The molecule has 0 unspecified atom stereocenters. The Labute approximate surface area is 101 Å². The van der Waals surface area contributed by atoms with Crippen LogP contribution in [-0.4, -0.2) is 30.4 Å². The van der Waals surface area contributed by atoms with Crippen LogP contribution in [0, 0.1) is 5.82 Å². The first-order valence-electron chi connectivity index (χ1n) is 5.90. The van der Waals surface area contributed by atoms with Gasteiger partial charge in [-0.2, -0.15) is 0 Å². The minimum atomic E-state index is -0.240. The summed E-state index contributed by atoms with van der Waals surface area (Å²) >= 11 is 0. The molecule has 3 nitrogen and oxygen atoms in total. The smallest absolute Gasteiger partial charge is 0.237 e. The van der Waals surface area contributed by atoms with Gasteiger partial charge >= 0.3 is 0 Å². The van der Waals surface area contributed by atoms with Crippen molar-refractivity contribution in [3.05, 3.63) is 35.6 Å². The van der Waals surface area contributed by atoms with Crippen molar-refractivity contribution in [2.75, 3.05) is 13.6 Å². The lowest BCUT2D eigenvalue weighted by Crippen LogP contribution is -2.38. The van der Waals surface area contributed by atoms with Crippen molar-refractivity contribution in [3.63, 3.8) is 0 Å². The predicted octanol–water partition coefficient (Wildman–Crippen LogP) is 1.54. The quantitative estimate of drug-likeness (QED) is 0.841. The third-order valence-electron chi connectivity index (χ3n) is 2.93. The topological polar surface area (TPSA) is 32.3 Å². The molecule has 0 saturated heterocycles. The van der Waals surface area contributed by atoms with Crippen molar-refractivity contribution in [2.45, 2.75) is 25.4 Å². The van der Waals surface area contributed by atoms with E-state index in [0.29, 0.717) is 24.7 Å². The van der Waals surface area contributed by atoms with Crippen molar-refractivity contribution < 1.29 is 9.18 Å². The Morgan fingerprint density at radius 3 is 2.76 bits per heavy atom. The highest BCUT2D eigenvalue weighted by Gasteiger charge is 2.32. The van der Waals surface area contributed by atoms with E-state index in [1.165, 1.54) is 6.07 Å². The zero-order chi connectivity index (χ0) is 12.3. The fraction of sp³-hybridized carbons (Fsp3) is 0.462. The molecule has 17 heavy (non-hydrogen) atoms. The van der Waals surface area contributed by atoms with Crippen LogP contribution >= 0.6 is 0 Å². The number of benzene rings is 1. The minimum absolute atomic E-state index is 0.0400. The van der Waals surface area contributed by atoms with E-state index in [-0.39, 0.29) is 11.7 Å². The minimum Gasteiger partial charge on any atom is -0.334 e. The van der Waals surface area contributed by atoms with Crippen molar-refractivity contribution >= 4 is 5.91 Å². The fourth-order valence-electron chi connectivity index (χ4n) is 1.87. The largest absolute Gasteiger partial charge is 0.334 e. The molecule has 1 aromatic rings. The first-order valence-corrected chi connectivity index (χ1v) is 5.90. The molecule has 1 saturated carbocycles. The SMILES string of the molecule is CNCC(=O)N(Cc1ccccc1F)C1CC1. The van der Waals surface area contributed by atoms with Gasteiger partial charge in [-0.05, 0) is 26.0 Å². The molecule has 1 aromatic carbocycles. The molecule has 0 aliphatic heterocycles. The number of rotatable bonds is 5. The van der Waals surface area contributed by atoms with Gasteiger partial charge in [0.05, 0.1) is 6.54 Å². The second kappa shape index (κ2) is 5.27. The van der Waals surface area contributed by atoms with Crippen LogP contribution in [0.3, 0.4) is 0 Å². The number of carbonyl (C=O) groups excluding carboxylic acids is 1. The van der Waals surface area contributed by atoms with E-state index in [1.807, 2.05) is 0 Å². The zero-order valence-electron chi connectivity index (χ0n) is 9.95. The molecule has 1 fully saturated rings. The monoisotopic (exact) mass is 236 g/mol. The lowest BCUT2D eigenvalue weighted by Gasteiger charge is -2.22. The predicted molar refractivity (Wildman–Crippen MR) is 63.9 cm³/mol. The van der Waals surface area contributed by atoms with Gasteiger partial charge < -0.3 is 10.2 Å². The maximum atomic E-state index is 13.5. The van der Waals surface area contributed by atoms with Gasteiger partial charge in [-0.3, -0.25) is 4.79 Å². The van der Waals surface area contributed by atoms with Crippen molar-refractivity contribution in [1.29, 1.82) is 0 Å². The van der Waals surface area contributed by atoms with Gasteiger partial charge in [-0.25, -0.2) is 4.39 Å². The molecule has 92 valence electrons. The highest BCUT2D eigenvalue weighted by molar-refractivity contribution is 5.78. The summed E-state index contributed by atoms with van der Waals surface area (Å²) in [7, 11) is 1.74. The lowest BCUT2D eigenvalue weighted by molar-refractivity contribution is -0.131. The van der Waals surface area contributed by atoms with E-state index in [0.717, 1.165) is 12.8 Å². The Kier molecular flexibility index (Phi) is 3.74. The number of hydrogen-bond donors (Lipinski definition) is 1. The van der Waals surface area contributed by atoms with Crippen LogP contribution < -0.4 is 5.32 Å². The Balaban J connectivity index is 2.08. The van der Waals surface area contributed by atoms with Gasteiger partial charge in [0.25, 0.3) is 0 Å². The summed E-state index contributed by atoms with van der Waals surface area (Å²) in [5.74, 6) is -0.200. The molecule has 0 aromatic heterocycles. The fourth-order valence-corrected chi connectivity index (χ4v) is 1.87. The molecular formula is C13H17FN2O. The molecule has 0 bridgehead atoms. The number of carbonyl (C=O) groups is 1. The summed E-state index contributed by atoms with van der Waals surface area (Å²) in [6.07, 6.45) is 2.06. The summed E-state index contributed by atoms with van der Waals surface area (Å²) in [5.41, 5.74) is 0.587. The molecule has 0 atom stereocenters. The van der Waals surface area contributed by atoms with Crippen molar-refractivity contribution in [3.8, 4) is 0 Å². The summed E-state index contributed by atoms with van der Waals surface area (Å²) < 4.78 is 13.5. The van der Waals surface area contributed by atoms with E-state index in [2.05, 4.69) is 5.32 Å². The lowest BCUT2D eigenvalue weighted by atomic mass is 10.2. The van der Waals surface area contributed by atoms with Crippen LogP contribution in [0.4, 0.5) is 4.39 Å². The van der Waals surface area contributed by atoms with Crippen LogP contribution in [0.2, 0.25) is 0 Å². The third kappa shape index (κ3) is 3.03. The summed E-state index contributed by atoms with van der Waals surface area (Å²) in [4.78, 5) is 13.7. The van der Waals surface area contributed by atoms with Crippen molar-refractivity contribution in [2.24, 2.45) is 0 Å². The Morgan fingerprint density at radius 2 is 2.18 bits per heavy atom. The standard InChI is InChI=1S/C13H17FN2O/c1-15-8-13(17)16(11-6-7-11)9-10-4-2-3-5-12(10)14/h2-5,11,15H,6-9H2,1H3. The van der Waals surface area contributed by atoms with Crippen molar-refractivity contribution in [1.82, 2.24) is 10.2 Å². The zero-order valence-corrected chi connectivity index (χ0v) is 9.95. The van der Waals surface area contributed by atoms with Gasteiger partial charge in [0.15, 0.2) is 0 Å². The van der Waals surface area contributed by atoms with E-state index < -0.39 is 0 Å². The Hall–Kier alpha value is -1.42. The molecule has 0 radical (unpaired) electrons. The van der Waals surface area contributed by atoms with E-state index in [4.69, 9.17) is 0 Å². The summed E-state index contributed by atoms with van der Waals surface area (Å²) in [6.45, 7) is 0.683. The number of nitrogens with zero attached hydrogens (tertiary/aromatic N) is 1. The second-order valence-electron chi connectivity index (χ2n) is 4.37. The van der Waals surface area contributed by atoms with Gasteiger partial charge in [0.1, 0.15) is 5.82 Å². The highest BCUT2D eigenvalue weighted by Crippen LogP contribution is 2.28. The number of hydrogen-bond acceptors (Lipinski definition) is 2. The first kappa shape index (κ1) is 12.0. The first-order chi connectivity index (χ1) is 8.22. The van der Waals surface area contributed by atoms with Gasteiger partial charge in [0, 0.05) is 18.2 Å². The molecule has 0 heterocycles. The molecule has 1 aliphatic rings. The van der Waals surface area contributed by atoms with E-state index >= 15 is 0 Å². The normalized spacial score (nSPS) is 14.7. The summed E-state index contributed by atoms with van der Waals surface area (Å²) in [6, 6.07) is 6.93. The third-order valence-corrected chi connectivity index (χ3v) is 2.93. The number of nitrogens with one attached hydrogen (secondary N) is 1. The highest BCUT2D eigenvalue weighted by atomic mass is 19.1. The number of amides is 1. The average molecular weight is 236 g/mol. The molecule has 4 heteroatoms. The maximum Gasteiger partial charge on any atom is 0.237 e. The summed E-state index contributed by atoms with van der Waals surface area (Å²) in [5, 5.41) is 2.85. The Bertz CT molecular complexity index is 404. The molecule has 1 amide bonds. The maximum absolute atomic E-state index is 13.5. The molecule has 1 aliphatic carbocycles. The van der Waals surface area contributed by atoms with E-state index in [1.54, 1.807) is 30.1 Å². The van der Waals surface area contributed by atoms with E-state index in [9.17, 15) is 9.18 Å². The number of likely N-dealkylation sites (N-methyl/N-ethyl adjacent to an activating group) is 1. The molecular weight excluding hydrogens is 219 g/mol. The number of halogens is 1. The van der Waals surface area contributed by atoms with Gasteiger partial charge in [-0.15, -0.1) is 0 Å². The Morgan fingerprint density at radius 1 is 1.47 bits per heavy atom. The van der Waals surface area contributed by atoms with Crippen LogP contribution in [-0.2, 0) is 11.3 Å². The van der Waals surface area contributed by atoms with Crippen LogP contribution in [0.5, 0.6) is 0 Å². The van der Waals surface area contributed by atoms with Gasteiger partial charge in [-0.1, -0.05) is 18.2 Å². The molecule has 2 rings (SSSR count). The molecule has 0 spiro atoms. The molecule has 1 N–H and O–H groups in total. The second-order valence-corrected chi connectivity index (χ2v) is 4.37. The van der Waals surface area contributed by atoms with Crippen LogP contribution in [0.15, 0.2) is 24.3 Å². The average Bonchev–Trinajstić information content (AvgIpc) is 3.12.